The van der Waals surface area contributed by atoms with E-state index in [4.69, 9.17) is 4.52 Å². The first-order chi connectivity index (χ1) is 12.6. The molecule has 0 bridgehead atoms. The maximum atomic E-state index is 5.45. The van der Waals surface area contributed by atoms with E-state index >= 15 is 0 Å². The molecule has 1 saturated carbocycles. The van der Waals surface area contributed by atoms with Crippen LogP contribution in [-0.4, -0.2) is 49.7 Å². The minimum Gasteiger partial charge on any atom is -0.361 e. The average Bonchev–Trinajstić information content (AvgIpc) is 3.07. The second-order valence-electron chi connectivity index (χ2n) is 7.47. The fourth-order valence-corrected chi connectivity index (χ4v) is 4.02. The van der Waals surface area contributed by atoms with Gasteiger partial charge in [-0.25, -0.2) is 0 Å². The van der Waals surface area contributed by atoms with Crippen LogP contribution in [0.1, 0.15) is 63.0 Å². The standard InChI is InChI=1S/C20H37N5O.HI/c1-6-17-16(19(7-2)26-24-17)13-22-20(21-3)23-14-18(25(4)5)15-11-9-8-10-12-15;/h15,18H,6-14H2,1-5H3,(H2,21,22,23);1H. The molecule has 0 aromatic carbocycles. The van der Waals surface area contributed by atoms with Crippen LogP contribution in [0.15, 0.2) is 9.52 Å². The zero-order valence-corrected chi connectivity index (χ0v) is 20.0. The third kappa shape index (κ3) is 6.93. The van der Waals surface area contributed by atoms with Gasteiger partial charge in [0.25, 0.3) is 0 Å². The fraction of sp³-hybridized carbons (Fsp3) is 0.800. The van der Waals surface area contributed by atoms with Crippen LogP contribution in [0.5, 0.6) is 0 Å². The number of likely N-dealkylation sites (N-methyl/N-ethyl adjacent to an activating group) is 1. The molecule has 1 aromatic heterocycles. The maximum absolute atomic E-state index is 5.45. The lowest BCUT2D eigenvalue weighted by Crippen LogP contribution is -2.48. The Balaban J connectivity index is 0.00000364. The van der Waals surface area contributed by atoms with Gasteiger partial charge in [-0.3, -0.25) is 4.99 Å². The summed E-state index contributed by atoms with van der Waals surface area (Å²) >= 11 is 0. The predicted molar refractivity (Wildman–Crippen MR) is 123 cm³/mol. The summed E-state index contributed by atoms with van der Waals surface area (Å²) in [4.78, 5) is 6.76. The van der Waals surface area contributed by atoms with E-state index in [-0.39, 0.29) is 24.0 Å². The topological polar surface area (TPSA) is 65.7 Å². The second-order valence-corrected chi connectivity index (χ2v) is 7.47. The van der Waals surface area contributed by atoms with Gasteiger partial charge in [-0.2, -0.15) is 0 Å². The van der Waals surface area contributed by atoms with Gasteiger partial charge in [0.15, 0.2) is 5.96 Å². The molecule has 1 fully saturated rings. The van der Waals surface area contributed by atoms with Crippen LogP contribution in [0.3, 0.4) is 0 Å². The summed E-state index contributed by atoms with van der Waals surface area (Å²) in [5.41, 5.74) is 2.22. The van der Waals surface area contributed by atoms with E-state index in [2.05, 4.69) is 53.6 Å². The number of nitrogens with zero attached hydrogens (tertiary/aromatic N) is 3. The molecular formula is C20H38IN5O. The summed E-state index contributed by atoms with van der Waals surface area (Å²) in [6, 6.07) is 0.543. The Hall–Kier alpha value is -0.830. The molecule has 1 aliphatic rings. The van der Waals surface area contributed by atoms with Crippen LogP contribution in [0.4, 0.5) is 0 Å². The quantitative estimate of drug-likeness (QED) is 0.331. The molecule has 0 aliphatic heterocycles. The molecule has 0 spiro atoms. The van der Waals surface area contributed by atoms with Crippen molar-refractivity contribution >= 4 is 29.9 Å². The Kier molecular flexibility index (Phi) is 11.3. The number of halogens is 1. The molecule has 0 radical (unpaired) electrons. The van der Waals surface area contributed by atoms with E-state index in [1.54, 1.807) is 0 Å². The van der Waals surface area contributed by atoms with Crippen LogP contribution < -0.4 is 10.6 Å². The van der Waals surface area contributed by atoms with Crippen LogP contribution in [0.2, 0.25) is 0 Å². The lowest BCUT2D eigenvalue weighted by molar-refractivity contribution is 0.171. The Morgan fingerprint density at radius 2 is 1.89 bits per heavy atom. The Bertz CT molecular complexity index is 545. The normalized spacial score (nSPS) is 16.9. The highest BCUT2D eigenvalue weighted by molar-refractivity contribution is 14.0. The van der Waals surface area contributed by atoms with Crippen molar-refractivity contribution in [1.29, 1.82) is 0 Å². The molecule has 1 aliphatic carbocycles. The Morgan fingerprint density at radius 3 is 2.44 bits per heavy atom. The van der Waals surface area contributed by atoms with Gasteiger partial charge in [-0.05, 0) is 39.3 Å². The number of guanidine groups is 1. The van der Waals surface area contributed by atoms with E-state index in [0.29, 0.717) is 12.6 Å². The first-order valence-corrected chi connectivity index (χ1v) is 10.2. The lowest BCUT2D eigenvalue weighted by atomic mass is 9.83. The zero-order chi connectivity index (χ0) is 18.9. The molecule has 7 heteroatoms. The van der Waals surface area contributed by atoms with Crippen molar-refractivity contribution in [2.45, 2.75) is 71.4 Å². The number of aromatic nitrogens is 1. The molecule has 27 heavy (non-hydrogen) atoms. The van der Waals surface area contributed by atoms with Crippen molar-refractivity contribution in [3.05, 3.63) is 17.0 Å². The molecular weight excluding hydrogens is 453 g/mol. The molecule has 6 nitrogen and oxygen atoms in total. The summed E-state index contributed by atoms with van der Waals surface area (Å²) in [6.07, 6.45) is 8.57. The summed E-state index contributed by atoms with van der Waals surface area (Å²) in [7, 11) is 6.21. The molecule has 1 heterocycles. The number of aliphatic imine (C=N–C) groups is 1. The van der Waals surface area contributed by atoms with Gasteiger partial charge in [0.2, 0.25) is 0 Å². The molecule has 1 unspecified atom stereocenters. The molecule has 1 aromatic rings. The van der Waals surface area contributed by atoms with E-state index in [1.165, 1.54) is 37.7 Å². The maximum Gasteiger partial charge on any atom is 0.191 e. The number of rotatable bonds is 8. The van der Waals surface area contributed by atoms with Crippen LogP contribution in [0.25, 0.3) is 0 Å². The van der Waals surface area contributed by atoms with Gasteiger partial charge < -0.3 is 20.1 Å². The SMILES string of the molecule is CCc1noc(CC)c1CNC(=NC)NCC(C1CCCCC1)N(C)C.I. The molecule has 2 N–H and O–H groups in total. The number of hydrogen-bond acceptors (Lipinski definition) is 4. The first kappa shape index (κ1) is 24.2. The largest absolute Gasteiger partial charge is 0.361 e. The number of aryl methyl sites for hydroxylation is 2. The minimum absolute atomic E-state index is 0. The zero-order valence-electron chi connectivity index (χ0n) is 17.7. The minimum atomic E-state index is 0. The smallest absolute Gasteiger partial charge is 0.191 e. The van der Waals surface area contributed by atoms with Gasteiger partial charge in [0.1, 0.15) is 5.76 Å². The first-order valence-electron chi connectivity index (χ1n) is 10.2. The van der Waals surface area contributed by atoms with E-state index < -0.39 is 0 Å². The fourth-order valence-electron chi connectivity index (χ4n) is 4.02. The van der Waals surface area contributed by atoms with Gasteiger partial charge in [-0.15, -0.1) is 24.0 Å². The summed E-state index contributed by atoms with van der Waals surface area (Å²) < 4.78 is 5.45. The number of nitrogens with one attached hydrogen (secondary N) is 2. The van der Waals surface area contributed by atoms with Crippen LogP contribution >= 0.6 is 24.0 Å². The third-order valence-electron chi connectivity index (χ3n) is 5.60. The summed E-state index contributed by atoms with van der Waals surface area (Å²) in [5.74, 6) is 2.59. The van der Waals surface area contributed by atoms with Crippen molar-refractivity contribution in [1.82, 2.24) is 20.7 Å². The van der Waals surface area contributed by atoms with Gasteiger partial charge >= 0.3 is 0 Å². The highest BCUT2D eigenvalue weighted by Gasteiger charge is 2.25. The van der Waals surface area contributed by atoms with Gasteiger partial charge in [-0.1, -0.05) is 38.3 Å². The lowest BCUT2D eigenvalue weighted by Gasteiger charge is -2.35. The molecule has 1 atom stereocenters. The van der Waals surface area contributed by atoms with Crippen LogP contribution in [0, 0.1) is 5.92 Å². The molecule has 0 saturated heterocycles. The highest BCUT2D eigenvalue weighted by atomic mass is 127. The Morgan fingerprint density at radius 1 is 1.19 bits per heavy atom. The highest BCUT2D eigenvalue weighted by Crippen LogP contribution is 2.28. The molecule has 0 amide bonds. The Labute approximate surface area is 181 Å². The van der Waals surface area contributed by atoms with E-state index in [0.717, 1.165) is 42.7 Å². The van der Waals surface area contributed by atoms with Crippen molar-refractivity contribution in [3.8, 4) is 0 Å². The number of hydrogen-bond donors (Lipinski definition) is 2. The van der Waals surface area contributed by atoms with E-state index in [9.17, 15) is 0 Å². The summed E-state index contributed by atoms with van der Waals surface area (Å²) in [6.45, 7) is 5.83. The van der Waals surface area contributed by atoms with Crippen molar-refractivity contribution in [2.75, 3.05) is 27.7 Å². The second kappa shape index (κ2) is 12.6. The predicted octanol–water partition coefficient (Wildman–Crippen LogP) is 3.59. The summed E-state index contributed by atoms with van der Waals surface area (Å²) in [5, 5.41) is 11.2. The van der Waals surface area contributed by atoms with Crippen molar-refractivity contribution in [3.63, 3.8) is 0 Å². The van der Waals surface area contributed by atoms with Gasteiger partial charge in [0.05, 0.1) is 5.69 Å². The monoisotopic (exact) mass is 491 g/mol. The van der Waals surface area contributed by atoms with Gasteiger partial charge in [0, 0.05) is 38.2 Å². The van der Waals surface area contributed by atoms with Crippen LogP contribution in [-0.2, 0) is 19.4 Å². The van der Waals surface area contributed by atoms with E-state index in [1.807, 2.05) is 7.05 Å². The van der Waals surface area contributed by atoms with Crippen molar-refractivity contribution in [2.24, 2.45) is 10.9 Å². The molecule has 156 valence electrons. The average molecular weight is 491 g/mol. The molecule has 2 rings (SSSR count). The van der Waals surface area contributed by atoms with Crippen molar-refractivity contribution < 1.29 is 4.52 Å². The third-order valence-corrected chi connectivity index (χ3v) is 5.60.